The second kappa shape index (κ2) is 4.48. The molecule has 1 heterocycles. The van der Waals surface area contributed by atoms with Crippen LogP contribution in [0.25, 0.3) is 0 Å². The molecule has 5 heteroatoms. The van der Waals surface area contributed by atoms with Crippen LogP contribution >= 0.6 is 0 Å². The fraction of sp³-hybridized carbons (Fsp3) is 0.429. The maximum atomic E-state index is 11.1. The Morgan fingerprint density at radius 1 is 1.21 bits per heavy atom. The van der Waals surface area contributed by atoms with Gasteiger partial charge in [-0.15, -0.1) is 0 Å². The highest BCUT2D eigenvalue weighted by Crippen LogP contribution is 2.36. The Balaban J connectivity index is 2.44. The molecule has 1 aliphatic rings. The van der Waals surface area contributed by atoms with Gasteiger partial charge in [-0.2, -0.15) is 5.26 Å². The van der Waals surface area contributed by atoms with E-state index in [4.69, 9.17) is 14.6 Å². The number of hydrogen-bond acceptors (Lipinski definition) is 4. The van der Waals surface area contributed by atoms with E-state index in [0.717, 1.165) is 6.29 Å². The molecule has 0 spiro atoms. The number of carbonyl (C=O) groups excluding carboxylic acids is 1. The van der Waals surface area contributed by atoms with Crippen molar-refractivity contribution >= 4 is 18.9 Å². The monoisotopic (exact) mass is 257 g/mol. The summed E-state index contributed by atoms with van der Waals surface area (Å²) in [5.74, 6) is 0. The summed E-state index contributed by atoms with van der Waals surface area (Å²) in [5, 5.41) is 8.95. The molecule has 1 aliphatic heterocycles. The first-order chi connectivity index (χ1) is 8.80. The maximum Gasteiger partial charge on any atom is 0.495 e. The zero-order chi connectivity index (χ0) is 14.3. The predicted octanol–water partition coefficient (Wildman–Crippen LogP) is 1.67. The third kappa shape index (κ3) is 2.29. The fourth-order valence-corrected chi connectivity index (χ4v) is 1.93. The van der Waals surface area contributed by atoms with Crippen LogP contribution in [0.4, 0.5) is 0 Å². The van der Waals surface area contributed by atoms with E-state index < -0.39 is 18.3 Å². The van der Waals surface area contributed by atoms with Crippen LogP contribution in [0.15, 0.2) is 18.2 Å². The van der Waals surface area contributed by atoms with Gasteiger partial charge in [-0.05, 0) is 45.3 Å². The molecule has 0 bridgehead atoms. The van der Waals surface area contributed by atoms with Gasteiger partial charge in [0.2, 0.25) is 0 Å². The van der Waals surface area contributed by atoms with Crippen molar-refractivity contribution in [1.29, 1.82) is 5.26 Å². The Labute approximate surface area is 113 Å². The zero-order valence-corrected chi connectivity index (χ0v) is 11.6. The summed E-state index contributed by atoms with van der Waals surface area (Å²) in [5.41, 5.74) is 0.626. The molecule has 4 nitrogen and oxygen atoms in total. The first kappa shape index (κ1) is 13.8. The second-order valence-corrected chi connectivity index (χ2v) is 5.66. The van der Waals surface area contributed by atoms with Crippen LogP contribution in [0.3, 0.4) is 0 Å². The number of nitriles is 1. The molecule has 0 aromatic heterocycles. The average Bonchev–Trinajstić information content (AvgIpc) is 2.57. The number of carbonyl (C=O) groups is 1. The summed E-state index contributed by atoms with van der Waals surface area (Å²) in [6, 6.07) is 6.93. The molecule has 0 amide bonds. The number of rotatable bonds is 2. The van der Waals surface area contributed by atoms with Crippen LogP contribution in [0, 0.1) is 11.3 Å². The van der Waals surface area contributed by atoms with Crippen molar-refractivity contribution in [2.45, 2.75) is 38.9 Å². The minimum absolute atomic E-state index is 0.472. The molecule has 0 N–H and O–H groups in total. The molecule has 1 saturated heterocycles. The Bertz CT molecular complexity index is 544. The van der Waals surface area contributed by atoms with E-state index in [2.05, 4.69) is 6.07 Å². The largest absolute Gasteiger partial charge is 0.495 e. The smallest absolute Gasteiger partial charge is 0.399 e. The van der Waals surface area contributed by atoms with E-state index in [1.165, 1.54) is 0 Å². The van der Waals surface area contributed by atoms with Gasteiger partial charge in [-0.3, -0.25) is 4.79 Å². The number of benzene rings is 1. The van der Waals surface area contributed by atoms with Gasteiger partial charge in [-0.1, -0.05) is 6.07 Å². The van der Waals surface area contributed by atoms with Crippen molar-refractivity contribution in [2.75, 3.05) is 0 Å². The Hall–Kier alpha value is -1.64. The van der Waals surface area contributed by atoms with Gasteiger partial charge in [0.25, 0.3) is 0 Å². The van der Waals surface area contributed by atoms with Crippen molar-refractivity contribution in [3.8, 4) is 6.07 Å². The number of aldehydes is 1. The van der Waals surface area contributed by atoms with Gasteiger partial charge in [0, 0.05) is 5.56 Å². The maximum absolute atomic E-state index is 11.1. The third-order valence-electron chi connectivity index (χ3n) is 3.85. The van der Waals surface area contributed by atoms with Gasteiger partial charge in [0.15, 0.2) is 0 Å². The van der Waals surface area contributed by atoms with Crippen molar-refractivity contribution < 1.29 is 14.1 Å². The lowest BCUT2D eigenvalue weighted by Crippen LogP contribution is -2.41. The Morgan fingerprint density at radius 3 is 2.26 bits per heavy atom. The van der Waals surface area contributed by atoms with Crippen LogP contribution in [-0.2, 0) is 9.31 Å². The molecule has 0 saturated carbocycles. The highest BCUT2D eigenvalue weighted by molar-refractivity contribution is 6.63. The molecule has 1 aromatic rings. The summed E-state index contributed by atoms with van der Waals surface area (Å²) in [4.78, 5) is 11.1. The van der Waals surface area contributed by atoms with E-state index in [9.17, 15) is 4.79 Å². The van der Waals surface area contributed by atoms with Gasteiger partial charge in [0.05, 0.1) is 22.8 Å². The van der Waals surface area contributed by atoms with Crippen LogP contribution in [0.5, 0.6) is 0 Å². The van der Waals surface area contributed by atoms with Gasteiger partial charge in [0.1, 0.15) is 6.29 Å². The van der Waals surface area contributed by atoms with Gasteiger partial charge < -0.3 is 9.31 Å². The van der Waals surface area contributed by atoms with Crippen molar-refractivity contribution in [3.05, 3.63) is 29.3 Å². The highest BCUT2D eigenvalue weighted by Gasteiger charge is 2.52. The van der Waals surface area contributed by atoms with Gasteiger partial charge in [-0.25, -0.2) is 0 Å². The van der Waals surface area contributed by atoms with Crippen molar-refractivity contribution in [1.82, 2.24) is 0 Å². The minimum atomic E-state index is -0.626. The zero-order valence-electron chi connectivity index (χ0n) is 11.6. The lowest BCUT2D eigenvalue weighted by molar-refractivity contribution is 0.00578. The summed E-state index contributed by atoms with van der Waals surface area (Å²) in [6.45, 7) is 7.78. The summed E-state index contributed by atoms with van der Waals surface area (Å²) in [7, 11) is -0.626. The predicted molar refractivity (Wildman–Crippen MR) is 72.3 cm³/mol. The molecule has 0 aliphatic carbocycles. The second-order valence-electron chi connectivity index (χ2n) is 5.66. The highest BCUT2D eigenvalue weighted by atomic mass is 16.7. The van der Waals surface area contributed by atoms with E-state index in [1.807, 2.05) is 27.7 Å². The lowest BCUT2D eigenvalue weighted by atomic mass is 9.75. The molecule has 98 valence electrons. The van der Waals surface area contributed by atoms with Crippen molar-refractivity contribution in [3.63, 3.8) is 0 Å². The first-order valence-corrected chi connectivity index (χ1v) is 6.15. The molecule has 0 atom stereocenters. The van der Waals surface area contributed by atoms with Crippen molar-refractivity contribution in [2.24, 2.45) is 0 Å². The number of hydrogen-bond donors (Lipinski definition) is 0. The van der Waals surface area contributed by atoms with E-state index in [-0.39, 0.29) is 0 Å². The third-order valence-corrected chi connectivity index (χ3v) is 3.85. The summed E-state index contributed by atoms with van der Waals surface area (Å²) in [6.07, 6.45) is 0.752. The average molecular weight is 257 g/mol. The number of nitrogens with zero attached hydrogens (tertiary/aromatic N) is 1. The van der Waals surface area contributed by atoms with Crippen LogP contribution < -0.4 is 5.46 Å². The summed E-state index contributed by atoms with van der Waals surface area (Å²) >= 11 is 0. The SMILES string of the molecule is CC1(C)OB(c2cc(C#N)ccc2C=O)OC1(C)C. The molecule has 1 fully saturated rings. The normalized spacial score (nSPS) is 20.1. The molecule has 2 rings (SSSR count). The Kier molecular flexibility index (Phi) is 3.25. The van der Waals surface area contributed by atoms with E-state index in [0.29, 0.717) is 16.6 Å². The van der Waals surface area contributed by atoms with Crippen LogP contribution in [-0.4, -0.2) is 24.6 Å². The van der Waals surface area contributed by atoms with Crippen LogP contribution in [0.1, 0.15) is 43.6 Å². The van der Waals surface area contributed by atoms with Gasteiger partial charge >= 0.3 is 7.12 Å². The standard InChI is InChI=1S/C14H16BNO3/c1-13(2)14(3,4)19-15(18-13)12-7-10(8-16)5-6-11(12)9-17/h5-7,9H,1-4H3. The molecular weight excluding hydrogens is 241 g/mol. The topological polar surface area (TPSA) is 59.3 Å². The lowest BCUT2D eigenvalue weighted by Gasteiger charge is -2.32. The Morgan fingerprint density at radius 2 is 1.79 bits per heavy atom. The molecular formula is C14H16BNO3. The van der Waals surface area contributed by atoms with E-state index in [1.54, 1.807) is 18.2 Å². The molecule has 0 unspecified atom stereocenters. The quantitative estimate of drug-likeness (QED) is 0.597. The minimum Gasteiger partial charge on any atom is -0.399 e. The fourth-order valence-electron chi connectivity index (χ4n) is 1.93. The first-order valence-electron chi connectivity index (χ1n) is 6.15. The molecule has 19 heavy (non-hydrogen) atoms. The summed E-state index contributed by atoms with van der Waals surface area (Å²) < 4.78 is 11.8. The van der Waals surface area contributed by atoms with Crippen LogP contribution in [0.2, 0.25) is 0 Å². The molecule has 0 radical (unpaired) electrons. The van der Waals surface area contributed by atoms with E-state index >= 15 is 0 Å². The molecule has 1 aromatic carbocycles.